The van der Waals surface area contributed by atoms with Crippen molar-refractivity contribution in [2.45, 2.75) is 52.7 Å². The van der Waals surface area contributed by atoms with Crippen LogP contribution in [-0.4, -0.2) is 34.2 Å². The van der Waals surface area contributed by atoms with Crippen molar-refractivity contribution in [3.63, 3.8) is 0 Å². The van der Waals surface area contributed by atoms with E-state index < -0.39 is 5.60 Å². The highest BCUT2D eigenvalue weighted by atomic mass is 16.3. The van der Waals surface area contributed by atoms with Gasteiger partial charge >= 0.3 is 0 Å². The summed E-state index contributed by atoms with van der Waals surface area (Å²) >= 11 is 0. The lowest BCUT2D eigenvalue weighted by molar-refractivity contribution is -0.186. The van der Waals surface area contributed by atoms with Gasteiger partial charge in [-0.25, -0.2) is 0 Å². The van der Waals surface area contributed by atoms with Crippen LogP contribution in [0.25, 0.3) is 0 Å². The van der Waals surface area contributed by atoms with Crippen molar-refractivity contribution in [1.82, 2.24) is 4.90 Å². The molecule has 0 aromatic heterocycles. The van der Waals surface area contributed by atoms with Gasteiger partial charge in [0.25, 0.3) is 0 Å². The van der Waals surface area contributed by atoms with Gasteiger partial charge in [0.05, 0.1) is 5.60 Å². The summed E-state index contributed by atoms with van der Waals surface area (Å²) in [5.74, 6) is 0. The predicted molar refractivity (Wildman–Crippen MR) is 55.7 cm³/mol. The molecule has 1 aliphatic heterocycles. The van der Waals surface area contributed by atoms with E-state index in [0.717, 1.165) is 13.1 Å². The van der Waals surface area contributed by atoms with Crippen LogP contribution >= 0.6 is 0 Å². The van der Waals surface area contributed by atoms with Gasteiger partial charge in [-0.1, -0.05) is 20.8 Å². The number of hydrogen-bond donors (Lipinski definition) is 1. The van der Waals surface area contributed by atoms with Crippen molar-refractivity contribution in [2.24, 2.45) is 5.41 Å². The van der Waals surface area contributed by atoms with Gasteiger partial charge in [0.2, 0.25) is 0 Å². The van der Waals surface area contributed by atoms with E-state index in [1.165, 1.54) is 0 Å². The second-order valence-corrected chi connectivity index (χ2v) is 6.31. The monoisotopic (exact) mass is 185 g/mol. The van der Waals surface area contributed by atoms with Crippen molar-refractivity contribution in [3.05, 3.63) is 0 Å². The lowest BCUT2D eigenvalue weighted by Crippen LogP contribution is -2.71. The maximum atomic E-state index is 10.2. The molecule has 0 spiro atoms. The summed E-state index contributed by atoms with van der Waals surface area (Å²) in [6.45, 7) is 14.5. The first-order chi connectivity index (χ1) is 5.56. The molecule has 13 heavy (non-hydrogen) atoms. The molecule has 0 unspecified atom stereocenters. The van der Waals surface area contributed by atoms with Crippen molar-refractivity contribution in [1.29, 1.82) is 0 Å². The van der Waals surface area contributed by atoms with Crippen molar-refractivity contribution >= 4 is 0 Å². The molecule has 0 saturated carbocycles. The van der Waals surface area contributed by atoms with Crippen LogP contribution in [-0.2, 0) is 0 Å². The Morgan fingerprint density at radius 1 is 1.00 bits per heavy atom. The van der Waals surface area contributed by atoms with Crippen LogP contribution in [0.2, 0.25) is 0 Å². The smallest absolute Gasteiger partial charge is 0.0948 e. The van der Waals surface area contributed by atoms with Gasteiger partial charge in [-0.15, -0.1) is 0 Å². The Hall–Kier alpha value is -0.0800. The highest BCUT2D eigenvalue weighted by Gasteiger charge is 2.52. The van der Waals surface area contributed by atoms with Gasteiger partial charge in [-0.3, -0.25) is 4.90 Å². The Labute approximate surface area is 81.9 Å². The van der Waals surface area contributed by atoms with E-state index in [-0.39, 0.29) is 11.0 Å². The number of aliphatic hydroxyl groups is 1. The Morgan fingerprint density at radius 3 is 1.62 bits per heavy atom. The third kappa shape index (κ3) is 1.89. The fourth-order valence-electron chi connectivity index (χ4n) is 1.53. The van der Waals surface area contributed by atoms with E-state index in [2.05, 4.69) is 46.4 Å². The van der Waals surface area contributed by atoms with Crippen molar-refractivity contribution < 1.29 is 5.11 Å². The SMILES string of the molecule is CC(C)(C)N1CC(O)(C(C)(C)C)C1. The Kier molecular flexibility index (Phi) is 2.29. The van der Waals surface area contributed by atoms with Crippen LogP contribution in [0.5, 0.6) is 0 Å². The Morgan fingerprint density at radius 2 is 1.38 bits per heavy atom. The molecule has 1 saturated heterocycles. The first-order valence-corrected chi connectivity index (χ1v) is 5.04. The molecule has 2 nitrogen and oxygen atoms in total. The molecule has 0 bridgehead atoms. The summed E-state index contributed by atoms with van der Waals surface area (Å²) in [7, 11) is 0. The van der Waals surface area contributed by atoms with E-state index in [0.29, 0.717) is 0 Å². The van der Waals surface area contributed by atoms with Crippen LogP contribution in [0.1, 0.15) is 41.5 Å². The summed E-state index contributed by atoms with van der Waals surface area (Å²) in [5.41, 5.74) is -0.299. The molecule has 0 amide bonds. The van der Waals surface area contributed by atoms with E-state index in [1.807, 2.05) is 0 Å². The molecule has 1 aliphatic rings. The van der Waals surface area contributed by atoms with Crippen molar-refractivity contribution in [2.75, 3.05) is 13.1 Å². The topological polar surface area (TPSA) is 23.5 Å². The highest BCUT2D eigenvalue weighted by molar-refractivity contribution is 5.06. The standard InChI is InChI=1S/C11H23NO/c1-9(2,3)11(13)7-12(8-11)10(4,5)6/h13H,7-8H2,1-6H3. The average molecular weight is 185 g/mol. The molecule has 78 valence electrons. The number of rotatable bonds is 0. The lowest BCUT2D eigenvalue weighted by Gasteiger charge is -2.58. The molecule has 2 heteroatoms. The van der Waals surface area contributed by atoms with Crippen LogP contribution in [0, 0.1) is 5.41 Å². The molecule has 1 heterocycles. The summed E-state index contributed by atoms with van der Waals surface area (Å²) in [6.07, 6.45) is 0. The molecule has 1 fully saturated rings. The highest BCUT2D eigenvalue weighted by Crippen LogP contribution is 2.40. The summed E-state index contributed by atoms with van der Waals surface area (Å²) < 4.78 is 0. The molecule has 0 aromatic rings. The first-order valence-electron chi connectivity index (χ1n) is 5.04. The molecule has 0 aliphatic carbocycles. The molecule has 0 atom stereocenters. The summed E-state index contributed by atoms with van der Waals surface area (Å²) in [4.78, 5) is 2.32. The van der Waals surface area contributed by atoms with Crippen molar-refractivity contribution in [3.8, 4) is 0 Å². The lowest BCUT2D eigenvalue weighted by atomic mass is 9.70. The number of hydrogen-bond acceptors (Lipinski definition) is 2. The summed E-state index contributed by atoms with van der Waals surface area (Å²) in [5, 5.41) is 10.2. The molecular formula is C11H23NO. The minimum absolute atomic E-state index is 0.00521. The third-order valence-electron chi connectivity index (χ3n) is 3.25. The van der Waals surface area contributed by atoms with Crippen LogP contribution in [0.3, 0.4) is 0 Å². The quantitative estimate of drug-likeness (QED) is 0.623. The molecule has 0 aromatic carbocycles. The molecule has 0 radical (unpaired) electrons. The normalized spacial score (nSPS) is 24.2. The molecular weight excluding hydrogens is 162 g/mol. The maximum absolute atomic E-state index is 10.2. The average Bonchev–Trinajstić information content (AvgIpc) is 1.75. The Bertz CT molecular complexity index is 191. The van der Waals surface area contributed by atoms with Gasteiger partial charge in [0.15, 0.2) is 0 Å². The number of β-amino-alcohol motifs (C(OH)–C–C–N with tert-alkyl or cyclic N) is 1. The first kappa shape index (κ1) is 11.0. The largest absolute Gasteiger partial charge is 0.387 e. The van der Waals surface area contributed by atoms with E-state index in [1.54, 1.807) is 0 Å². The second kappa shape index (κ2) is 2.71. The minimum Gasteiger partial charge on any atom is -0.387 e. The zero-order valence-corrected chi connectivity index (χ0v) is 9.81. The van der Waals surface area contributed by atoms with Gasteiger partial charge < -0.3 is 5.11 Å². The van der Waals surface area contributed by atoms with Crippen LogP contribution < -0.4 is 0 Å². The van der Waals surface area contributed by atoms with Crippen LogP contribution in [0.15, 0.2) is 0 Å². The summed E-state index contributed by atoms with van der Waals surface area (Å²) in [6, 6.07) is 0. The Balaban J connectivity index is 2.58. The molecule has 1 rings (SSSR count). The maximum Gasteiger partial charge on any atom is 0.0948 e. The van der Waals surface area contributed by atoms with E-state index in [4.69, 9.17) is 0 Å². The van der Waals surface area contributed by atoms with E-state index in [9.17, 15) is 5.11 Å². The number of nitrogens with zero attached hydrogens (tertiary/aromatic N) is 1. The van der Waals surface area contributed by atoms with Gasteiger partial charge in [-0.2, -0.15) is 0 Å². The fraction of sp³-hybridized carbons (Fsp3) is 1.00. The second-order valence-electron chi connectivity index (χ2n) is 6.31. The van der Waals surface area contributed by atoms with Gasteiger partial charge in [0, 0.05) is 18.6 Å². The minimum atomic E-state index is -0.486. The van der Waals surface area contributed by atoms with Gasteiger partial charge in [0.1, 0.15) is 0 Å². The third-order valence-corrected chi connectivity index (χ3v) is 3.25. The van der Waals surface area contributed by atoms with Gasteiger partial charge in [-0.05, 0) is 26.2 Å². The predicted octanol–water partition coefficient (Wildman–Crippen LogP) is 1.88. The molecule has 1 N–H and O–H groups in total. The zero-order chi connectivity index (χ0) is 10.5. The van der Waals surface area contributed by atoms with E-state index >= 15 is 0 Å². The zero-order valence-electron chi connectivity index (χ0n) is 9.81. The van der Waals surface area contributed by atoms with Crippen LogP contribution in [0.4, 0.5) is 0 Å². The fourth-order valence-corrected chi connectivity index (χ4v) is 1.53. The number of likely N-dealkylation sites (tertiary alicyclic amines) is 1.